The van der Waals surface area contributed by atoms with Gasteiger partial charge in [0.2, 0.25) is 5.69 Å². The predicted octanol–water partition coefficient (Wildman–Crippen LogP) is 3.88. The molecular weight excluding hydrogens is 264 g/mol. The first-order valence-electron chi connectivity index (χ1n) is 6.71. The summed E-state index contributed by atoms with van der Waals surface area (Å²) >= 11 is 0. The lowest BCUT2D eigenvalue weighted by Crippen LogP contribution is -2.02. The Bertz CT molecular complexity index is 787. The van der Waals surface area contributed by atoms with E-state index in [0.717, 1.165) is 11.1 Å². The van der Waals surface area contributed by atoms with Crippen molar-refractivity contribution in [3.8, 4) is 0 Å². The quantitative estimate of drug-likeness (QED) is 0.475. The van der Waals surface area contributed by atoms with Gasteiger partial charge in [0.15, 0.2) is 5.71 Å². The summed E-state index contributed by atoms with van der Waals surface area (Å²) in [7, 11) is 2.05. The molecule has 104 valence electrons. The highest BCUT2D eigenvalue weighted by atomic mass is 16.6. The van der Waals surface area contributed by atoms with E-state index in [9.17, 15) is 10.1 Å². The summed E-state index contributed by atoms with van der Waals surface area (Å²) in [4.78, 5) is 10.3. The third kappa shape index (κ3) is 2.25. The molecule has 0 fully saturated rings. The van der Waals surface area contributed by atoms with Crippen molar-refractivity contribution >= 4 is 28.7 Å². The molecule has 1 aliphatic rings. The molecule has 1 heterocycles. The molecule has 0 atom stereocenters. The third-order valence-electron chi connectivity index (χ3n) is 3.86. The molecule has 2 aromatic carbocycles. The lowest BCUT2D eigenvalue weighted by Gasteiger charge is -1.98. The first-order chi connectivity index (χ1) is 10.1. The van der Waals surface area contributed by atoms with Crippen LogP contribution in [0.5, 0.6) is 0 Å². The largest absolute Gasteiger partial charge is 0.269 e. The van der Waals surface area contributed by atoms with Crippen LogP contribution in [-0.4, -0.2) is 22.3 Å². The summed E-state index contributed by atoms with van der Waals surface area (Å²) in [5.74, 6) is 0. The average molecular weight is 279 g/mol. The molecule has 0 N–H and O–H groups in total. The topological polar surface area (TPSA) is 46.1 Å². The predicted molar refractivity (Wildman–Crippen MR) is 83.9 cm³/mol. The Hall–Kier alpha value is -2.75. The van der Waals surface area contributed by atoms with Crippen molar-refractivity contribution in [2.75, 3.05) is 7.05 Å². The van der Waals surface area contributed by atoms with Gasteiger partial charge in [-0.2, -0.15) is 4.58 Å². The Morgan fingerprint density at radius 3 is 2.43 bits per heavy atom. The van der Waals surface area contributed by atoms with Crippen LogP contribution in [0.4, 0.5) is 11.4 Å². The highest BCUT2D eigenvalue weighted by Gasteiger charge is 2.28. The Balaban J connectivity index is 2.06. The molecule has 0 bridgehead atoms. The van der Waals surface area contributed by atoms with Crippen LogP contribution in [0, 0.1) is 10.1 Å². The molecular formula is C17H15N2O2+. The van der Waals surface area contributed by atoms with Crippen molar-refractivity contribution in [3.63, 3.8) is 0 Å². The van der Waals surface area contributed by atoms with Crippen LogP contribution >= 0.6 is 0 Å². The molecule has 0 saturated heterocycles. The zero-order valence-electron chi connectivity index (χ0n) is 11.9. The summed E-state index contributed by atoms with van der Waals surface area (Å²) < 4.78 is 2.16. The number of fused-ring (bicyclic) bond motifs is 1. The Kier molecular flexibility index (Phi) is 3.14. The summed E-state index contributed by atoms with van der Waals surface area (Å²) in [6, 6.07) is 14.9. The second-order valence-electron chi connectivity index (χ2n) is 5.07. The fourth-order valence-electron chi connectivity index (χ4n) is 2.59. The first-order valence-corrected chi connectivity index (χ1v) is 6.71. The van der Waals surface area contributed by atoms with Crippen LogP contribution in [0.2, 0.25) is 0 Å². The van der Waals surface area contributed by atoms with Gasteiger partial charge in [-0.05, 0) is 29.8 Å². The van der Waals surface area contributed by atoms with Gasteiger partial charge in [-0.25, -0.2) is 0 Å². The average Bonchev–Trinajstić information content (AvgIpc) is 2.73. The van der Waals surface area contributed by atoms with Crippen LogP contribution in [0.3, 0.4) is 0 Å². The number of allylic oxidation sites excluding steroid dienone is 1. The fraction of sp³-hybridized carbons (Fsp3) is 0.118. The molecule has 0 aromatic heterocycles. The van der Waals surface area contributed by atoms with E-state index in [1.807, 2.05) is 19.2 Å². The highest BCUT2D eigenvalue weighted by Crippen LogP contribution is 2.34. The monoisotopic (exact) mass is 279 g/mol. The summed E-state index contributed by atoms with van der Waals surface area (Å²) in [5.41, 5.74) is 5.78. The minimum Gasteiger partial charge on any atom is -0.258 e. The molecule has 21 heavy (non-hydrogen) atoms. The van der Waals surface area contributed by atoms with Gasteiger partial charge in [-0.1, -0.05) is 12.1 Å². The zero-order chi connectivity index (χ0) is 15.0. The lowest BCUT2D eigenvalue weighted by atomic mass is 10.0. The van der Waals surface area contributed by atoms with Crippen molar-refractivity contribution in [1.29, 1.82) is 0 Å². The van der Waals surface area contributed by atoms with Gasteiger partial charge < -0.3 is 0 Å². The zero-order valence-corrected chi connectivity index (χ0v) is 11.9. The van der Waals surface area contributed by atoms with E-state index in [4.69, 9.17) is 0 Å². The smallest absolute Gasteiger partial charge is 0.258 e. The second-order valence-corrected chi connectivity index (χ2v) is 5.07. The number of non-ortho nitro benzene ring substituents is 1. The molecule has 1 aliphatic heterocycles. The number of nitrogens with zero attached hydrogens (tertiary/aromatic N) is 2. The Morgan fingerprint density at radius 1 is 1.10 bits per heavy atom. The van der Waals surface area contributed by atoms with Crippen LogP contribution in [0.15, 0.2) is 48.5 Å². The van der Waals surface area contributed by atoms with Crippen molar-refractivity contribution in [2.45, 2.75) is 6.92 Å². The summed E-state index contributed by atoms with van der Waals surface area (Å²) in [5, 5.41) is 10.7. The number of hydrogen-bond donors (Lipinski definition) is 0. The van der Waals surface area contributed by atoms with Crippen molar-refractivity contribution in [1.82, 2.24) is 0 Å². The van der Waals surface area contributed by atoms with Gasteiger partial charge in [0, 0.05) is 25.1 Å². The van der Waals surface area contributed by atoms with Crippen molar-refractivity contribution in [2.24, 2.45) is 0 Å². The fourth-order valence-corrected chi connectivity index (χ4v) is 2.59. The highest BCUT2D eigenvalue weighted by molar-refractivity contribution is 6.28. The number of nitro groups is 1. The third-order valence-corrected chi connectivity index (χ3v) is 3.86. The van der Waals surface area contributed by atoms with E-state index in [0.29, 0.717) is 0 Å². The Labute approximate surface area is 122 Å². The maximum Gasteiger partial charge on any atom is 0.269 e. The molecule has 0 amide bonds. The molecule has 0 unspecified atom stereocenters. The van der Waals surface area contributed by atoms with E-state index in [1.54, 1.807) is 12.1 Å². The second kappa shape index (κ2) is 4.98. The van der Waals surface area contributed by atoms with Crippen LogP contribution in [0.25, 0.3) is 11.6 Å². The first kappa shape index (κ1) is 13.2. The van der Waals surface area contributed by atoms with Crippen LogP contribution in [0.1, 0.15) is 18.1 Å². The van der Waals surface area contributed by atoms with Gasteiger partial charge in [-0.3, -0.25) is 10.1 Å². The molecule has 0 radical (unpaired) electrons. The number of benzene rings is 2. The maximum atomic E-state index is 10.7. The van der Waals surface area contributed by atoms with Gasteiger partial charge in [0.1, 0.15) is 7.05 Å². The van der Waals surface area contributed by atoms with E-state index >= 15 is 0 Å². The molecule has 0 saturated carbocycles. The van der Waals surface area contributed by atoms with E-state index in [1.165, 1.54) is 29.1 Å². The summed E-state index contributed by atoms with van der Waals surface area (Å²) in [6.07, 6.45) is 2.07. The number of rotatable bonds is 2. The maximum absolute atomic E-state index is 10.7. The van der Waals surface area contributed by atoms with E-state index in [2.05, 4.69) is 29.7 Å². The summed E-state index contributed by atoms with van der Waals surface area (Å²) in [6.45, 7) is 2.08. The SMILES string of the molecule is CC1=[N+](C)c2ccccc2/C1=C/c1ccc([N+](=O)[O-])cc1. The normalized spacial score (nSPS) is 15.4. The molecule has 2 aromatic rings. The van der Waals surface area contributed by atoms with E-state index < -0.39 is 0 Å². The molecule has 3 rings (SSSR count). The number of nitro benzene ring substituents is 1. The van der Waals surface area contributed by atoms with Gasteiger partial charge in [-0.15, -0.1) is 0 Å². The van der Waals surface area contributed by atoms with Crippen molar-refractivity contribution < 1.29 is 9.50 Å². The minimum absolute atomic E-state index is 0.113. The van der Waals surface area contributed by atoms with Gasteiger partial charge in [0.05, 0.1) is 16.1 Å². The Morgan fingerprint density at radius 2 is 1.76 bits per heavy atom. The number of hydrogen-bond acceptors (Lipinski definition) is 2. The van der Waals surface area contributed by atoms with Crippen LogP contribution < -0.4 is 0 Å². The molecule has 4 heteroatoms. The molecule has 0 aliphatic carbocycles. The standard InChI is InChI=1S/C17H15N2O2/c1-12-16(15-5-3-4-6-17(15)18(12)2)11-13-7-9-14(10-8-13)19(20)21/h3-11H,1-2H3/q+1/b16-11+. The van der Waals surface area contributed by atoms with Crippen molar-refractivity contribution in [3.05, 3.63) is 69.8 Å². The van der Waals surface area contributed by atoms with E-state index in [-0.39, 0.29) is 10.6 Å². The van der Waals surface area contributed by atoms with Gasteiger partial charge in [0.25, 0.3) is 5.69 Å². The minimum atomic E-state index is -0.382. The van der Waals surface area contributed by atoms with Crippen LogP contribution in [-0.2, 0) is 0 Å². The lowest BCUT2D eigenvalue weighted by molar-refractivity contribution is -0.401. The molecule has 4 nitrogen and oxygen atoms in total. The van der Waals surface area contributed by atoms with Gasteiger partial charge >= 0.3 is 0 Å². The molecule has 0 spiro atoms. The number of para-hydroxylation sites is 1.